The number of hydrogen-bond donors (Lipinski definition) is 3. The minimum Gasteiger partial charge on any atom is -0.394 e. The molecular weight excluding hydrogens is 249 g/mol. The van der Waals surface area contributed by atoms with Crippen molar-refractivity contribution in [2.75, 3.05) is 13.2 Å². The fourth-order valence-corrected chi connectivity index (χ4v) is 1.11. The first kappa shape index (κ1) is 14.2. The molecule has 18 heavy (non-hydrogen) atoms. The Bertz CT molecular complexity index is 486. The van der Waals surface area contributed by atoms with E-state index in [1.54, 1.807) is 0 Å². The molecule has 9 heteroatoms. The molecule has 0 radical (unpaired) electrons. The number of carbonyl (C=O) groups is 1. The lowest BCUT2D eigenvalue weighted by Gasteiger charge is -2.13. The van der Waals surface area contributed by atoms with E-state index in [1.165, 1.54) is 0 Å². The Morgan fingerprint density at radius 2 is 2.17 bits per heavy atom. The van der Waals surface area contributed by atoms with Crippen LogP contribution >= 0.6 is 0 Å². The summed E-state index contributed by atoms with van der Waals surface area (Å²) in [5.74, 6) is -2.23. The number of rotatable bonds is 6. The summed E-state index contributed by atoms with van der Waals surface area (Å²) in [4.78, 5) is 25.5. The summed E-state index contributed by atoms with van der Waals surface area (Å²) >= 11 is 0. The Morgan fingerprint density at radius 1 is 1.56 bits per heavy atom. The fourth-order valence-electron chi connectivity index (χ4n) is 1.11. The van der Waals surface area contributed by atoms with E-state index in [2.05, 4.69) is 4.98 Å². The quantitative estimate of drug-likeness (QED) is 0.533. The standard InChI is InChI=1S/C9H12FN3O5/c10-6-1-13(4-18-5(2-14)3-15)9(17)7(12-6)8(11)16/h1,5,14-15H,2-4H2,(H2,11,16). The first-order valence-corrected chi connectivity index (χ1v) is 4.89. The molecule has 1 aromatic heterocycles. The minimum absolute atomic E-state index is 0.454. The number of carbonyl (C=O) groups excluding carboxylic acids is 1. The van der Waals surface area contributed by atoms with Gasteiger partial charge in [0.1, 0.15) is 12.8 Å². The Balaban J connectivity index is 2.96. The normalized spacial score (nSPS) is 10.9. The minimum atomic E-state index is -1.16. The zero-order chi connectivity index (χ0) is 13.7. The summed E-state index contributed by atoms with van der Waals surface area (Å²) in [6, 6.07) is 0. The van der Waals surface area contributed by atoms with Crippen molar-refractivity contribution in [3.63, 3.8) is 0 Å². The monoisotopic (exact) mass is 261 g/mol. The summed E-state index contributed by atoms with van der Waals surface area (Å²) in [5.41, 5.74) is 3.19. The van der Waals surface area contributed by atoms with Crippen LogP contribution in [0.5, 0.6) is 0 Å². The van der Waals surface area contributed by atoms with Crippen LogP contribution < -0.4 is 11.3 Å². The Labute approximate surface area is 100 Å². The summed E-state index contributed by atoms with van der Waals surface area (Å²) in [6.45, 7) is -1.40. The number of ether oxygens (including phenoxy) is 1. The second kappa shape index (κ2) is 6.19. The fraction of sp³-hybridized carbons (Fsp3) is 0.444. The molecule has 0 aliphatic carbocycles. The number of aliphatic hydroxyl groups excluding tert-OH is 2. The number of aliphatic hydroxyl groups is 2. The lowest BCUT2D eigenvalue weighted by molar-refractivity contribution is -0.0512. The Hall–Kier alpha value is -1.84. The van der Waals surface area contributed by atoms with Crippen molar-refractivity contribution in [1.82, 2.24) is 9.55 Å². The van der Waals surface area contributed by atoms with Gasteiger partial charge in [0.25, 0.3) is 11.5 Å². The Morgan fingerprint density at radius 3 is 2.67 bits per heavy atom. The van der Waals surface area contributed by atoms with E-state index in [1.807, 2.05) is 0 Å². The summed E-state index contributed by atoms with van der Waals surface area (Å²) < 4.78 is 18.7. The number of hydrogen-bond acceptors (Lipinski definition) is 6. The molecule has 0 aliphatic rings. The number of halogens is 1. The van der Waals surface area contributed by atoms with Crippen LogP contribution in [0, 0.1) is 5.95 Å². The molecule has 0 spiro atoms. The van der Waals surface area contributed by atoms with Crippen molar-refractivity contribution in [3.05, 3.63) is 28.2 Å². The van der Waals surface area contributed by atoms with Gasteiger partial charge >= 0.3 is 0 Å². The van der Waals surface area contributed by atoms with E-state index < -0.39 is 49.2 Å². The number of nitrogens with zero attached hydrogens (tertiary/aromatic N) is 2. The van der Waals surface area contributed by atoms with E-state index in [0.29, 0.717) is 0 Å². The summed E-state index contributed by atoms with van der Waals surface area (Å²) in [5, 5.41) is 17.5. The zero-order valence-corrected chi connectivity index (χ0v) is 9.24. The zero-order valence-electron chi connectivity index (χ0n) is 9.24. The number of primary amides is 1. The molecule has 1 rings (SSSR count). The Kier molecular flexibility index (Phi) is 4.89. The summed E-state index contributed by atoms with van der Waals surface area (Å²) in [7, 11) is 0. The second-order valence-corrected chi connectivity index (χ2v) is 3.33. The molecule has 8 nitrogen and oxygen atoms in total. The molecular formula is C9H12FN3O5. The smallest absolute Gasteiger partial charge is 0.284 e. The van der Waals surface area contributed by atoms with Crippen LogP contribution in [-0.4, -0.2) is 45.0 Å². The van der Waals surface area contributed by atoms with Gasteiger partial charge in [-0.15, -0.1) is 0 Å². The van der Waals surface area contributed by atoms with Crippen molar-refractivity contribution in [2.24, 2.45) is 5.73 Å². The molecule has 0 saturated carbocycles. The number of amides is 1. The molecule has 0 unspecified atom stereocenters. The molecule has 1 heterocycles. The number of aromatic nitrogens is 2. The maximum atomic E-state index is 13.0. The van der Waals surface area contributed by atoms with Crippen LogP contribution in [0.15, 0.2) is 11.0 Å². The van der Waals surface area contributed by atoms with E-state index >= 15 is 0 Å². The number of nitrogens with two attached hydrogens (primary N) is 1. The highest BCUT2D eigenvalue weighted by molar-refractivity contribution is 5.90. The summed E-state index contributed by atoms with van der Waals surface area (Å²) in [6.07, 6.45) is -0.189. The highest BCUT2D eigenvalue weighted by Gasteiger charge is 2.14. The maximum Gasteiger partial charge on any atom is 0.284 e. The molecule has 100 valence electrons. The van der Waals surface area contributed by atoms with Gasteiger partial charge in [-0.1, -0.05) is 0 Å². The lowest BCUT2D eigenvalue weighted by Crippen LogP contribution is -2.34. The maximum absolute atomic E-state index is 13.0. The van der Waals surface area contributed by atoms with E-state index in [0.717, 1.165) is 10.8 Å². The van der Waals surface area contributed by atoms with Crippen molar-refractivity contribution in [3.8, 4) is 0 Å². The molecule has 0 aromatic carbocycles. The molecule has 0 atom stereocenters. The van der Waals surface area contributed by atoms with Crippen molar-refractivity contribution in [1.29, 1.82) is 0 Å². The predicted octanol–water partition coefficient (Wildman–Crippen LogP) is -2.19. The van der Waals surface area contributed by atoms with Gasteiger partial charge in [-0.05, 0) is 0 Å². The van der Waals surface area contributed by atoms with Crippen LogP contribution in [0.25, 0.3) is 0 Å². The highest BCUT2D eigenvalue weighted by Crippen LogP contribution is 1.96. The SMILES string of the molecule is NC(=O)c1nc(F)cn(COC(CO)CO)c1=O. The van der Waals surface area contributed by atoms with Gasteiger partial charge in [0.2, 0.25) is 5.95 Å². The first-order valence-electron chi connectivity index (χ1n) is 4.89. The molecule has 1 amide bonds. The highest BCUT2D eigenvalue weighted by atomic mass is 19.1. The third-order valence-electron chi connectivity index (χ3n) is 2.03. The van der Waals surface area contributed by atoms with Crippen molar-refractivity contribution in [2.45, 2.75) is 12.8 Å². The molecule has 4 N–H and O–H groups in total. The molecule has 0 fully saturated rings. The van der Waals surface area contributed by atoms with E-state index in [-0.39, 0.29) is 0 Å². The van der Waals surface area contributed by atoms with Crippen LogP contribution in [0.2, 0.25) is 0 Å². The van der Waals surface area contributed by atoms with E-state index in [9.17, 15) is 14.0 Å². The lowest BCUT2D eigenvalue weighted by atomic mass is 10.4. The second-order valence-electron chi connectivity index (χ2n) is 3.33. The van der Waals surface area contributed by atoms with Gasteiger partial charge in [-0.2, -0.15) is 4.39 Å². The topological polar surface area (TPSA) is 128 Å². The molecule has 0 bridgehead atoms. The predicted molar refractivity (Wildman–Crippen MR) is 56.0 cm³/mol. The average molecular weight is 261 g/mol. The molecule has 0 aliphatic heterocycles. The van der Waals surface area contributed by atoms with Crippen LogP contribution in [-0.2, 0) is 11.5 Å². The van der Waals surface area contributed by atoms with Crippen LogP contribution in [0.1, 0.15) is 10.5 Å². The largest absolute Gasteiger partial charge is 0.394 e. The average Bonchev–Trinajstić information content (AvgIpc) is 2.33. The third kappa shape index (κ3) is 3.32. The van der Waals surface area contributed by atoms with Gasteiger partial charge in [0.15, 0.2) is 5.69 Å². The van der Waals surface area contributed by atoms with Gasteiger partial charge in [-0.3, -0.25) is 14.2 Å². The van der Waals surface area contributed by atoms with E-state index in [4.69, 9.17) is 20.7 Å². The molecule has 1 aromatic rings. The first-order chi connectivity index (χ1) is 8.49. The third-order valence-corrected chi connectivity index (χ3v) is 2.03. The van der Waals surface area contributed by atoms with Crippen molar-refractivity contribution >= 4 is 5.91 Å². The molecule has 0 saturated heterocycles. The van der Waals surface area contributed by atoms with Crippen LogP contribution in [0.4, 0.5) is 4.39 Å². The van der Waals surface area contributed by atoms with Crippen molar-refractivity contribution < 1.29 is 24.1 Å². The van der Waals surface area contributed by atoms with Gasteiger partial charge in [0.05, 0.1) is 19.4 Å². The van der Waals surface area contributed by atoms with Gasteiger partial charge in [0, 0.05) is 0 Å². The van der Waals surface area contributed by atoms with Crippen LogP contribution in [0.3, 0.4) is 0 Å². The van der Waals surface area contributed by atoms with Gasteiger partial charge in [-0.25, -0.2) is 4.98 Å². The van der Waals surface area contributed by atoms with Gasteiger partial charge < -0.3 is 20.7 Å².